The van der Waals surface area contributed by atoms with Gasteiger partial charge in [-0.25, -0.2) is 8.42 Å². The van der Waals surface area contributed by atoms with Gasteiger partial charge in [0.15, 0.2) is 15.8 Å². The first-order valence-electron chi connectivity index (χ1n) is 9.71. The summed E-state index contributed by atoms with van der Waals surface area (Å²) in [4.78, 5) is 5.07. The predicted molar refractivity (Wildman–Crippen MR) is 117 cm³/mol. The molecule has 0 fully saturated rings. The Labute approximate surface area is 169 Å². The summed E-state index contributed by atoms with van der Waals surface area (Å²) in [5, 5.41) is 6.47. The molecule has 0 aliphatic heterocycles. The van der Waals surface area contributed by atoms with Gasteiger partial charge in [-0.05, 0) is 31.0 Å². The van der Waals surface area contributed by atoms with Crippen molar-refractivity contribution in [2.24, 2.45) is 4.99 Å². The number of hydrogen-bond acceptors (Lipinski definition) is 3. The largest absolute Gasteiger partial charge is 0.357 e. The third-order valence-corrected chi connectivity index (χ3v) is 6.33. The Kier molecular flexibility index (Phi) is 8.05. The van der Waals surface area contributed by atoms with E-state index in [1.54, 1.807) is 24.3 Å². The summed E-state index contributed by atoms with van der Waals surface area (Å²) in [5.74, 6) is 0.822. The van der Waals surface area contributed by atoms with Gasteiger partial charge in [0.05, 0.1) is 17.2 Å². The fourth-order valence-electron chi connectivity index (χ4n) is 2.81. The van der Waals surface area contributed by atoms with E-state index >= 15 is 0 Å². The number of guanidine groups is 1. The van der Waals surface area contributed by atoms with Crippen LogP contribution in [0, 0.1) is 0 Å². The molecule has 0 aromatic heterocycles. The molecule has 0 saturated heterocycles. The van der Waals surface area contributed by atoms with Crippen molar-refractivity contribution in [2.45, 2.75) is 37.5 Å². The zero-order valence-corrected chi connectivity index (χ0v) is 17.8. The van der Waals surface area contributed by atoms with E-state index in [4.69, 9.17) is 4.99 Å². The first-order valence-corrected chi connectivity index (χ1v) is 11.4. The molecule has 6 heteroatoms. The average molecular weight is 402 g/mol. The number of nitrogens with zero attached hydrogens (tertiary/aromatic N) is 1. The van der Waals surface area contributed by atoms with E-state index in [0.29, 0.717) is 30.4 Å². The molecule has 5 nitrogen and oxygen atoms in total. The van der Waals surface area contributed by atoms with Crippen molar-refractivity contribution in [2.75, 3.05) is 25.4 Å². The monoisotopic (exact) mass is 401 g/mol. The molecule has 0 spiro atoms. The number of benzene rings is 2. The van der Waals surface area contributed by atoms with Crippen molar-refractivity contribution in [3.8, 4) is 0 Å². The molecule has 152 valence electrons. The van der Waals surface area contributed by atoms with E-state index in [1.807, 2.05) is 31.2 Å². The van der Waals surface area contributed by atoms with E-state index in [-0.39, 0.29) is 11.2 Å². The lowest BCUT2D eigenvalue weighted by molar-refractivity contribution is 0.537. The first-order chi connectivity index (χ1) is 13.3. The van der Waals surface area contributed by atoms with Crippen molar-refractivity contribution in [3.63, 3.8) is 0 Å². The molecule has 2 aromatic carbocycles. The Morgan fingerprint density at radius 1 is 0.964 bits per heavy atom. The maximum absolute atomic E-state index is 12.3. The normalized spacial score (nSPS) is 12.6. The second-order valence-electron chi connectivity index (χ2n) is 7.36. The van der Waals surface area contributed by atoms with Crippen molar-refractivity contribution in [1.82, 2.24) is 10.6 Å². The summed E-state index contributed by atoms with van der Waals surface area (Å²) in [6, 6.07) is 18.9. The molecule has 0 unspecified atom stereocenters. The smallest absolute Gasteiger partial charge is 0.191 e. The second kappa shape index (κ2) is 10.3. The molecule has 0 amide bonds. The summed E-state index contributed by atoms with van der Waals surface area (Å²) < 4.78 is 24.7. The van der Waals surface area contributed by atoms with Gasteiger partial charge in [0, 0.05) is 18.5 Å². The molecule has 2 N–H and O–H groups in total. The number of nitrogens with one attached hydrogen (secondary N) is 2. The number of aliphatic imine (C=N–C) groups is 1. The minimum atomic E-state index is -3.24. The summed E-state index contributed by atoms with van der Waals surface area (Å²) in [6.45, 7) is 8.28. The Morgan fingerprint density at radius 2 is 1.57 bits per heavy atom. The molecule has 0 aliphatic rings. The van der Waals surface area contributed by atoms with Crippen molar-refractivity contribution < 1.29 is 8.42 Å². The van der Waals surface area contributed by atoms with Crippen LogP contribution in [0.1, 0.15) is 32.8 Å². The second-order valence-corrected chi connectivity index (χ2v) is 9.47. The molecule has 28 heavy (non-hydrogen) atoms. The van der Waals surface area contributed by atoms with Gasteiger partial charge in [-0.15, -0.1) is 0 Å². The molecule has 0 heterocycles. The Balaban J connectivity index is 1.89. The van der Waals surface area contributed by atoms with Crippen LogP contribution >= 0.6 is 0 Å². The fraction of sp³-hybridized carbons (Fsp3) is 0.409. The van der Waals surface area contributed by atoms with Crippen molar-refractivity contribution in [1.29, 1.82) is 0 Å². The van der Waals surface area contributed by atoms with Crippen LogP contribution in [0.5, 0.6) is 0 Å². The Bertz CT molecular complexity index is 848. The maximum atomic E-state index is 12.3. The third-order valence-electron chi connectivity index (χ3n) is 4.52. The van der Waals surface area contributed by atoms with Gasteiger partial charge >= 0.3 is 0 Å². The molecule has 0 atom stereocenters. The van der Waals surface area contributed by atoms with Crippen LogP contribution in [0.3, 0.4) is 0 Å². The van der Waals surface area contributed by atoms with E-state index in [2.05, 4.69) is 36.6 Å². The lowest BCUT2D eigenvalue weighted by Gasteiger charge is -2.24. The molecular weight excluding hydrogens is 370 g/mol. The Morgan fingerprint density at radius 3 is 2.18 bits per heavy atom. The minimum Gasteiger partial charge on any atom is -0.357 e. The number of rotatable bonds is 9. The zero-order chi connectivity index (χ0) is 20.5. The molecule has 2 rings (SSSR count). The van der Waals surface area contributed by atoms with Gasteiger partial charge < -0.3 is 10.6 Å². The van der Waals surface area contributed by atoms with Gasteiger partial charge in [0.25, 0.3) is 0 Å². The molecule has 0 bridgehead atoms. The van der Waals surface area contributed by atoms with Crippen LogP contribution < -0.4 is 10.6 Å². The molecule has 0 radical (unpaired) electrons. The maximum Gasteiger partial charge on any atom is 0.191 e. The topological polar surface area (TPSA) is 70.6 Å². The average Bonchev–Trinajstić information content (AvgIpc) is 2.70. The van der Waals surface area contributed by atoms with E-state index in [1.165, 1.54) is 5.56 Å². The molecular formula is C22H31N3O2S. The van der Waals surface area contributed by atoms with Crippen LogP contribution in [0.4, 0.5) is 0 Å². The Hall–Kier alpha value is -2.34. The number of sulfone groups is 1. The quantitative estimate of drug-likeness (QED) is 0.384. The van der Waals surface area contributed by atoms with E-state index in [9.17, 15) is 8.42 Å². The zero-order valence-electron chi connectivity index (χ0n) is 17.0. The fourth-order valence-corrected chi connectivity index (χ4v) is 4.15. The van der Waals surface area contributed by atoms with E-state index in [0.717, 1.165) is 6.54 Å². The van der Waals surface area contributed by atoms with Gasteiger partial charge in [0.1, 0.15) is 0 Å². The summed E-state index contributed by atoms with van der Waals surface area (Å²) >= 11 is 0. The highest BCUT2D eigenvalue weighted by Gasteiger charge is 2.20. The lowest BCUT2D eigenvalue weighted by atomic mass is 9.85. The van der Waals surface area contributed by atoms with Crippen LogP contribution in [0.25, 0.3) is 0 Å². The summed E-state index contributed by atoms with van der Waals surface area (Å²) in [5.41, 5.74) is 1.16. The van der Waals surface area contributed by atoms with Gasteiger partial charge in [-0.3, -0.25) is 4.99 Å². The van der Waals surface area contributed by atoms with Gasteiger partial charge in [-0.2, -0.15) is 0 Å². The minimum absolute atomic E-state index is 0.0831. The number of hydrogen-bond donors (Lipinski definition) is 2. The SMILES string of the molecule is CCNC(=NCC(C)(C)c1ccccc1)NCCCS(=O)(=O)c1ccccc1. The van der Waals surface area contributed by atoms with Crippen molar-refractivity contribution >= 4 is 15.8 Å². The third kappa shape index (κ3) is 6.68. The molecule has 2 aromatic rings. The molecule has 0 aliphatic carbocycles. The lowest BCUT2D eigenvalue weighted by Crippen LogP contribution is -2.39. The highest BCUT2D eigenvalue weighted by molar-refractivity contribution is 7.91. The standard InChI is InChI=1S/C22H31N3O2S/c1-4-23-21(25-18-22(2,3)19-12-7-5-8-13-19)24-16-11-17-28(26,27)20-14-9-6-10-15-20/h5-10,12-15H,4,11,16-18H2,1-3H3,(H2,23,24,25). The first kappa shape index (κ1) is 22.0. The predicted octanol–water partition coefficient (Wildman–Crippen LogP) is 3.38. The van der Waals surface area contributed by atoms with Gasteiger partial charge in [0.2, 0.25) is 0 Å². The summed E-state index contributed by atoms with van der Waals surface area (Å²) in [7, 11) is -3.24. The van der Waals surface area contributed by atoms with Crippen LogP contribution in [-0.4, -0.2) is 39.8 Å². The van der Waals surface area contributed by atoms with Crippen LogP contribution in [0.2, 0.25) is 0 Å². The van der Waals surface area contributed by atoms with Gasteiger partial charge in [-0.1, -0.05) is 62.4 Å². The molecule has 0 saturated carbocycles. The highest BCUT2D eigenvalue weighted by atomic mass is 32.2. The van der Waals surface area contributed by atoms with Crippen LogP contribution in [0.15, 0.2) is 70.6 Å². The van der Waals surface area contributed by atoms with Crippen LogP contribution in [-0.2, 0) is 15.3 Å². The van der Waals surface area contributed by atoms with Crippen molar-refractivity contribution in [3.05, 3.63) is 66.2 Å². The van der Waals surface area contributed by atoms with E-state index < -0.39 is 9.84 Å². The summed E-state index contributed by atoms with van der Waals surface area (Å²) in [6.07, 6.45) is 0.518. The highest BCUT2D eigenvalue weighted by Crippen LogP contribution is 2.22.